The van der Waals surface area contributed by atoms with Crippen molar-refractivity contribution in [3.05, 3.63) is 45.1 Å². The highest BCUT2D eigenvalue weighted by atomic mass is 35.5. The Hall–Kier alpha value is -0.730. The van der Waals surface area contributed by atoms with Crippen molar-refractivity contribution in [3.8, 4) is 11.5 Å². The normalized spacial score (nSPS) is 14.0. The molecule has 1 N–H and O–H groups in total. The van der Waals surface area contributed by atoms with Gasteiger partial charge in [-0.25, -0.2) is 0 Å². The third-order valence-electron chi connectivity index (χ3n) is 4.49. The van der Waals surface area contributed by atoms with Crippen LogP contribution in [0.1, 0.15) is 16.9 Å². The molecular formula is C20H29Cl3N2O3S. The van der Waals surface area contributed by atoms with Gasteiger partial charge in [0.05, 0.1) is 25.3 Å². The van der Waals surface area contributed by atoms with Crippen LogP contribution < -0.4 is 14.8 Å². The Morgan fingerprint density at radius 3 is 2.72 bits per heavy atom. The highest BCUT2D eigenvalue weighted by Crippen LogP contribution is 2.37. The Balaban J connectivity index is 0.00000210. The van der Waals surface area contributed by atoms with E-state index in [4.69, 9.17) is 25.8 Å². The van der Waals surface area contributed by atoms with Gasteiger partial charge in [0.1, 0.15) is 6.61 Å². The Morgan fingerprint density at radius 2 is 2.03 bits per heavy atom. The molecule has 0 radical (unpaired) electrons. The maximum absolute atomic E-state index is 6.45. The number of benzene rings is 1. The van der Waals surface area contributed by atoms with Crippen LogP contribution in [0.25, 0.3) is 0 Å². The lowest BCUT2D eigenvalue weighted by Gasteiger charge is -2.26. The van der Waals surface area contributed by atoms with Crippen LogP contribution in [-0.2, 0) is 17.9 Å². The average molecular weight is 484 g/mol. The van der Waals surface area contributed by atoms with Crippen molar-refractivity contribution >= 4 is 47.8 Å². The van der Waals surface area contributed by atoms with Crippen LogP contribution in [0.15, 0.2) is 29.6 Å². The van der Waals surface area contributed by atoms with Gasteiger partial charge in [0, 0.05) is 24.5 Å². The van der Waals surface area contributed by atoms with Gasteiger partial charge in [0.25, 0.3) is 0 Å². The van der Waals surface area contributed by atoms with Gasteiger partial charge in [-0.3, -0.25) is 4.90 Å². The first-order valence-electron chi connectivity index (χ1n) is 9.28. The predicted octanol–water partition coefficient (Wildman–Crippen LogP) is 4.64. The van der Waals surface area contributed by atoms with E-state index in [1.807, 2.05) is 29.6 Å². The van der Waals surface area contributed by atoms with Crippen molar-refractivity contribution in [1.82, 2.24) is 10.2 Å². The number of nitrogens with one attached hydrogen (secondary N) is 1. The van der Waals surface area contributed by atoms with Crippen LogP contribution in [0.5, 0.6) is 11.5 Å². The summed E-state index contributed by atoms with van der Waals surface area (Å²) in [6.45, 7) is 7.11. The van der Waals surface area contributed by atoms with Crippen molar-refractivity contribution in [2.75, 3.05) is 46.5 Å². The van der Waals surface area contributed by atoms with E-state index in [2.05, 4.69) is 10.2 Å². The van der Waals surface area contributed by atoms with Gasteiger partial charge >= 0.3 is 0 Å². The quantitative estimate of drug-likeness (QED) is 0.499. The standard InChI is InChI=1S/C20H27ClN2O3S.2ClH/c1-24-19-13-16(14-22-5-3-6-23-7-9-25-10-8-23)12-18(21)20(19)26-15-17-4-2-11-27-17;;/h2,4,11-13,22H,3,5-10,14-15H2,1H3;2*1H. The number of nitrogens with zero attached hydrogens (tertiary/aromatic N) is 1. The minimum Gasteiger partial charge on any atom is -0.493 e. The molecule has 1 aliphatic heterocycles. The highest BCUT2D eigenvalue weighted by Gasteiger charge is 2.13. The molecule has 1 aliphatic rings. The fourth-order valence-corrected chi connectivity index (χ4v) is 3.94. The van der Waals surface area contributed by atoms with E-state index >= 15 is 0 Å². The zero-order valence-corrected chi connectivity index (χ0v) is 19.7. The molecule has 1 fully saturated rings. The minimum atomic E-state index is 0. The maximum Gasteiger partial charge on any atom is 0.180 e. The fourth-order valence-electron chi connectivity index (χ4n) is 3.04. The molecule has 0 amide bonds. The molecule has 0 spiro atoms. The van der Waals surface area contributed by atoms with Crippen LogP contribution in [0, 0.1) is 0 Å². The van der Waals surface area contributed by atoms with Gasteiger partial charge in [0.15, 0.2) is 11.5 Å². The zero-order valence-electron chi connectivity index (χ0n) is 16.5. The molecule has 29 heavy (non-hydrogen) atoms. The maximum atomic E-state index is 6.45. The van der Waals surface area contributed by atoms with Crippen LogP contribution >= 0.6 is 47.8 Å². The minimum absolute atomic E-state index is 0. The number of hydrogen-bond acceptors (Lipinski definition) is 6. The van der Waals surface area contributed by atoms with Gasteiger partial charge in [-0.1, -0.05) is 17.7 Å². The summed E-state index contributed by atoms with van der Waals surface area (Å²) in [7, 11) is 1.64. The van der Waals surface area contributed by atoms with E-state index < -0.39 is 0 Å². The SMILES string of the molecule is COc1cc(CNCCCN2CCOCC2)cc(Cl)c1OCc1cccs1.Cl.Cl. The summed E-state index contributed by atoms with van der Waals surface area (Å²) in [5.74, 6) is 1.27. The van der Waals surface area contributed by atoms with Crippen molar-refractivity contribution < 1.29 is 14.2 Å². The largest absolute Gasteiger partial charge is 0.493 e. The van der Waals surface area contributed by atoms with E-state index in [9.17, 15) is 0 Å². The Bertz CT molecular complexity index is 699. The Kier molecular flexibility index (Phi) is 13.0. The molecule has 1 saturated heterocycles. The summed E-state index contributed by atoms with van der Waals surface area (Å²) in [6.07, 6.45) is 1.12. The second kappa shape index (κ2) is 14.3. The van der Waals surface area contributed by atoms with Gasteiger partial charge in [0.2, 0.25) is 0 Å². The molecule has 0 atom stereocenters. The monoisotopic (exact) mass is 482 g/mol. The molecule has 2 heterocycles. The molecular weight excluding hydrogens is 455 g/mol. The first kappa shape index (κ1) is 26.3. The summed E-state index contributed by atoms with van der Waals surface area (Å²) in [5, 5.41) is 6.10. The van der Waals surface area contributed by atoms with Gasteiger partial charge in [-0.2, -0.15) is 0 Å². The summed E-state index contributed by atoms with van der Waals surface area (Å²) in [5.41, 5.74) is 1.09. The van der Waals surface area contributed by atoms with E-state index in [0.717, 1.165) is 62.8 Å². The van der Waals surface area contributed by atoms with Crippen molar-refractivity contribution in [2.24, 2.45) is 0 Å². The molecule has 3 rings (SSSR count). The summed E-state index contributed by atoms with van der Waals surface area (Å²) < 4.78 is 16.8. The third-order valence-corrected chi connectivity index (χ3v) is 5.62. The van der Waals surface area contributed by atoms with E-state index in [0.29, 0.717) is 23.1 Å². The molecule has 164 valence electrons. The van der Waals surface area contributed by atoms with Gasteiger partial charge < -0.3 is 19.5 Å². The molecule has 9 heteroatoms. The van der Waals surface area contributed by atoms with Gasteiger partial charge in [-0.15, -0.1) is 36.2 Å². The second-order valence-electron chi connectivity index (χ2n) is 6.46. The molecule has 5 nitrogen and oxygen atoms in total. The lowest BCUT2D eigenvalue weighted by atomic mass is 10.2. The summed E-state index contributed by atoms with van der Waals surface area (Å²) >= 11 is 8.11. The van der Waals surface area contributed by atoms with Crippen molar-refractivity contribution in [3.63, 3.8) is 0 Å². The first-order chi connectivity index (χ1) is 13.3. The average Bonchev–Trinajstić information content (AvgIpc) is 3.21. The third kappa shape index (κ3) is 8.50. The van der Waals surface area contributed by atoms with E-state index in [1.54, 1.807) is 18.4 Å². The number of methoxy groups -OCH3 is 1. The molecule has 0 unspecified atom stereocenters. The number of morpholine rings is 1. The molecule has 2 aromatic rings. The number of halogens is 3. The number of thiophene rings is 1. The zero-order chi connectivity index (χ0) is 18.9. The smallest absolute Gasteiger partial charge is 0.180 e. The summed E-state index contributed by atoms with van der Waals surface area (Å²) in [4.78, 5) is 3.60. The first-order valence-corrected chi connectivity index (χ1v) is 10.5. The predicted molar refractivity (Wildman–Crippen MR) is 125 cm³/mol. The van der Waals surface area contributed by atoms with Crippen LogP contribution in [0.2, 0.25) is 5.02 Å². The molecule has 0 bridgehead atoms. The Labute approximate surface area is 194 Å². The van der Waals surface area contributed by atoms with Crippen molar-refractivity contribution in [1.29, 1.82) is 0 Å². The molecule has 0 aliphatic carbocycles. The Morgan fingerprint density at radius 1 is 1.24 bits per heavy atom. The highest BCUT2D eigenvalue weighted by molar-refractivity contribution is 7.09. The topological polar surface area (TPSA) is 43.0 Å². The van der Waals surface area contributed by atoms with Gasteiger partial charge in [-0.05, 0) is 48.7 Å². The lowest BCUT2D eigenvalue weighted by molar-refractivity contribution is 0.0374. The number of hydrogen-bond donors (Lipinski definition) is 1. The van der Waals surface area contributed by atoms with Crippen LogP contribution in [0.4, 0.5) is 0 Å². The summed E-state index contributed by atoms with van der Waals surface area (Å²) in [6, 6.07) is 7.99. The molecule has 1 aromatic heterocycles. The van der Waals surface area contributed by atoms with Crippen LogP contribution in [0.3, 0.4) is 0 Å². The lowest BCUT2D eigenvalue weighted by Crippen LogP contribution is -2.37. The molecule has 1 aromatic carbocycles. The number of ether oxygens (including phenoxy) is 3. The van der Waals surface area contributed by atoms with E-state index in [1.165, 1.54) is 0 Å². The van der Waals surface area contributed by atoms with Crippen molar-refractivity contribution in [2.45, 2.75) is 19.6 Å². The molecule has 0 saturated carbocycles. The number of rotatable bonds is 10. The van der Waals surface area contributed by atoms with E-state index in [-0.39, 0.29) is 24.8 Å². The van der Waals surface area contributed by atoms with Crippen LogP contribution in [-0.4, -0.2) is 51.4 Å². The fraction of sp³-hybridized carbons (Fsp3) is 0.500. The second-order valence-corrected chi connectivity index (χ2v) is 7.90.